The second kappa shape index (κ2) is 9.67. The molecule has 8 nitrogen and oxygen atoms in total. The maximum Gasteiger partial charge on any atom is 0.269 e. The van der Waals surface area contributed by atoms with E-state index in [-0.39, 0.29) is 11.5 Å². The monoisotopic (exact) mass is 511 g/mol. The molecule has 0 aromatic heterocycles. The molecule has 1 atom stereocenters. The molecule has 186 valence electrons. The van der Waals surface area contributed by atoms with Crippen molar-refractivity contribution >= 4 is 45.4 Å². The number of anilines is 2. The van der Waals surface area contributed by atoms with Crippen molar-refractivity contribution in [2.24, 2.45) is 10.2 Å². The molecule has 0 amide bonds. The molecule has 1 spiro atoms. The van der Waals surface area contributed by atoms with E-state index in [0.29, 0.717) is 16.6 Å². The highest BCUT2D eigenvalue weighted by Gasteiger charge is 2.51. The Bertz CT molecular complexity index is 1430. The molecule has 5 rings (SSSR count). The van der Waals surface area contributed by atoms with Gasteiger partial charge in [-0.2, -0.15) is 10.2 Å². The number of allylic oxidation sites excluding steroid dienone is 1. The van der Waals surface area contributed by atoms with E-state index >= 15 is 0 Å². The highest BCUT2D eigenvalue weighted by atomic mass is 32.2. The van der Waals surface area contributed by atoms with E-state index < -0.39 is 9.92 Å². The van der Waals surface area contributed by atoms with Crippen LogP contribution in [0.4, 0.5) is 17.1 Å². The van der Waals surface area contributed by atoms with E-state index in [1.54, 1.807) is 17.1 Å². The normalized spacial score (nSPS) is 18.8. The van der Waals surface area contributed by atoms with Gasteiger partial charge in [-0.15, -0.1) is 0 Å². The molecule has 0 saturated heterocycles. The summed E-state index contributed by atoms with van der Waals surface area (Å²) in [5.41, 5.74) is 4.36. The van der Waals surface area contributed by atoms with Gasteiger partial charge in [0.05, 0.1) is 22.0 Å². The van der Waals surface area contributed by atoms with Crippen LogP contribution in [-0.4, -0.2) is 26.5 Å². The summed E-state index contributed by atoms with van der Waals surface area (Å²) in [4.78, 5) is 22.2. The van der Waals surface area contributed by atoms with Gasteiger partial charge in [-0.05, 0) is 59.7 Å². The number of nitrogens with zero attached hydrogens (tertiary/aromatic N) is 5. The van der Waals surface area contributed by atoms with E-state index in [2.05, 4.69) is 43.2 Å². The van der Waals surface area contributed by atoms with Crippen molar-refractivity contribution in [2.75, 3.05) is 10.0 Å². The largest absolute Gasteiger partial charge is 0.292 e. The molecule has 0 saturated carbocycles. The van der Waals surface area contributed by atoms with Crippen molar-refractivity contribution in [1.29, 1.82) is 0 Å². The molecule has 0 radical (unpaired) electrons. The van der Waals surface area contributed by atoms with E-state index in [0.717, 1.165) is 17.0 Å². The lowest BCUT2D eigenvalue weighted by atomic mass is 10.00. The number of benzene rings is 3. The van der Waals surface area contributed by atoms with E-state index in [1.165, 1.54) is 36.4 Å². The second-order valence-corrected chi connectivity index (χ2v) is 10.2. The zero-order chi connectivity index (χ0) is 26.2. The molecular formula is C28H25N5O3S. The summed E-state index contributed by atoms with van der Waals surface area (Å²) in [6.07, 6.45) is 3.91. The van der Waals surface area contributed by atoms with Gasteiger partial charge < -0.3 is 0 Å². The highest BCUT2D eigenvalue weighted by molar-refractivity contribution is 8.17. The van der Waals surface area contributed by atoms with Crippen molar-refractivity contribution < 1.29 is 9.72 Å². The molecule has 2 heterocycles. The Hall–Kier alpha value is -4.24. The van der Waals surface area contributed by atoms with Crippen LogP contribution in [-0.2, 0) is 4.79 Å². The van der Waals surface area contributed by atoms with E-state index in [9.17, 15) is 14.9 Å². The van der Waals surface area contributed by atoms with Crippen molar-refractivity contribution in [3.05, 3.63) is 112 Å². The number of non-ortho nitro benzene ring substituents is 1. The van der Waals surface area contributed by atoms with Crippen molar-refractivity contribution in [2.45, 2.75) is 31.7 Å². The minimum Gasteiger partial charge on any atom is -0.292 e. The van der Waals surface area contributed by atoms with Crippen LogP contribution in [0, 0.1) is 10.1 Å². The fourth-order valence-electron chi connectivity index (χ4n) is 4.18. The summed E-state index contributed by atoms with van der Waals surface area (Å²) >= 11 is 1.29. The molecular weight excluding hydrogens is 486 g/mol. The van der Waals surface area contributed by atoms with E-state index in [1.807, 2.05) is 47.5 Å². The molecule has 0 fully saturated rings. The molecule has 0 N–H and O–H groups in total. The standard InChI is InChI=1S/C28H25N5O3S/c1-19(2)21-9-11-22(12-10-21)26-17-18-28(31(29-26)23-7-5-4-6-8-23)32(30-27(37-28)20(3)34)24-13-15-25(16-14-24)33(35)36/h4-19H,1-3H3/t28-/m1/s1. The van der Waals surface area contributed by atoms with Crippen LogP contribution in [0.2, 0.25) is 0 Å². The van der Waals surface area contributed by atoms with Gasteiger partial charge >= 0.3 is 0 Å². The van der Waals surface area contributed by atoms with Gasteiger partial charge in [0.2, 0.25) is 4.99 Å². The SMILES string of the molecule is CC(=O)C1=NN(c2ccc([N+](=O)[O-])cc2)[C@]2(C=CC(c3ccc(C(C)C)cc3)=NN2c2ccccc2)S1. The first kappa shape index (κ1) is 24.5. The van der Waals surface area contributed by atoms with Crippen LogP contribution in [0.3, 0.4) is 0 Å². The van der Waals surface area contributed by atoms with Gasteiger partial charge in [-0.3, -0.25) is 14.9 Å². The van der Waals surface area contributed by atoms with Gasteiger partial charge in [0.25, 0.3) is 5.69 Å². The summed E-state index contributed by atoms with van der Waals surface area (Å²) in [5, 5.41) is 24.8. The molecule has 2 aliphatic heterocycles. The quantitative estimate of drug-likeness (QED) is 0.285. The number of hydrazone groups is 2. The van der Waals surface area contributed by atoms with Crippen molar-refractivity contribution in [3.63, 3.8) is 0 Å². The van der Waals surface area contributed by atoms with Crippen LogP contribution in [0.15, 0.2) is 101 Å². The summed E-state index contributed by atoms with van der Waals surface area (Å²) < 4.78 is 0. The average molecular weight is 512 g/mol. The zero-order valence-corrected chi connectivity index (χ0v) is 21.4. The minimum absolute atomic E-state index is 0.0234. The number of Topliss-reactive ketones (excluding diaryl/α,β-unsaturated/α-hetero) is 1. The predicted octanol–water partition coefficient (Wildman–Crippen LogP) is 6.31. The third-order valence-electron chi connectivity index (χ3n) is 6.19. The van der Waals surface area contributed by atoms with Gasteiger partial charge in [0.1, 0.15) is 0 Å². The number of hydrogen-bond donors (Lipinski definition) is 0. The Morgan fingerprint density at radius 3 is 2.14 bits per heavy atom. The first-order valence-electron chi connectivity index (χ1n) is 11.9. The fraction of sp³-hybridized carbons (Fsp3) is 0.179. The summed E-state index contributed by atoms with van der Waals surface area (Å²) in [7, 11) is 0. The summed E-state index contributed by atoms with van der Waals surface area (Å²) in [6, 6.07) is 24.1. The predicted molar refractivity (Wildman–Crippen MR) is 149 cm³/mol. The lowest BCUT2D eigenvalue weighted by Gasteiger charge is -2.43. The molecule has 0 bridgehead atoms. The first-order valence-corrected chi connectivity index (χ1v) is 12.7. The highest BCUT2D eigenvalue weighted by Crippen LogP contribution is 2.48. The number of para-hydroxylation sites is 1. The fourth-order valence-corrected chi connectivity index (χ4v) is 5.33. The van der Waals surface area contributed by atoms with Gasteiger partial charge in [-0.25, -0.2) is 10.0 Å². The number of thioether (sulfide) groups is 1. The molecule has 2 aliphatic rings. The number of hydrogen-bond acceptors (Lipinski definition) is 8. The maximum atomic E-state index is 12.5. The van der Waals surface area contributed by atoms with Crippen molar-refractivity contribution in [1.82, 2.24) is 0 Å². The zero-order valence-electron chi connectivity index (χ0n) is 20.6. The van der Waals surface area contributed by atoms with Gasteiger partial charge in [0.15, 0.2) is 10.8 Å². The number of nitro benzene ring substituents is 1. The number of rotatable bonds is 6. The average Bonchev–Trinajstić information content (AvgIpc) is 3.29. The van der Waals surface area contributed by atoms with Crippen LogP contribution < -0.4 is 10.0 Å². The molecule has 37 heavy (non-hydrogen) atoms. The second-order valence-electron chi connectivity index (χ2n) is 9.05. The third kappa shape index (κ3) is 4.53. The van der Waals surface area contributed by atoms with Crippen LogP contribution in [0.5, 0.6) is 0 Å². The molecule has 0 aliphatic carbocycles. The number of carbonyl (C=O) groups excluding carboxylic acids is 1. The minimum atomic E-state index is -1.03. The molecule has 3 aromatic rings. The Morgan fingerprint density at radius 1 is 0.919 bits per heavy atom. The van der Waals surface area contributed by atoms with Gasteiger partial charge in [-0.1, -0.05) is 56.3 Å². The maximum absolute atomic E-state index is 12.5. The van der Waals surface area contributed by atoms with E-state index in [4.69, 9.17) is 5.10 Å². The number of carbonyl (C=O) groups is 1. The number of nitro groups is 1. The molecule has 9 heteroatoms. The Balaban J connectivity index is 1.63. The Kier molecular flexibility index (Phi) is 6.39. The third-order valence-corrected chi connectivity index (χ3v) is 7.54. The van der Waals surface area contributed by atoms with Crippen LogP contribution in [0.1, 0.15) is 37.8 Å². The summed E-state index contributed by atoms with van der Waals surface area (Å²) in [5.74, 6) is 0.253. The smallest absolute Gasteiger partial charge is 0.269 e. The number of ketones is 1. The van der Waals surface area contributed by atoms with Crippen LogP contribution >= 0.6 is 11.8 Å². The molecule has 3 aromatic carbocycles. The van der Waals surface area contributed by atoms with Crippen molar-refractivity contribution in [3.8, 4) is 0 Å². The van der Waals surface area contributed by atoms with Gasteiger partial charge in [0, 0.05) is 24.6 Å². The first-order chi connectivity index (χ1) is 17.8. The molecule has 0 unspecified atom stereocenters. The Labute approximate surface area is 219 Å². The summed E-state index contributed by atoms with van der Waals surface area (Å²) in [6.45, 7) is 5.79. The lowest BCUT2D eigenvalue weighted by Crippen LogP contribution is -2.53. The Morgan fingerprint density at radius 2 is 1.54 bits per heavy atom. The lowest BCUT2D eigenvalue weighted by molar-refractivity contribution is -0.384. The topological polar surface area (TPSA) is 91.4 Å². The van der Waals surface area contributed by atoms with Crippen LogP contribution in [0.25, 0.3) is 0 Å².